The maximum atomic E-state index is 12.6. The summed E-state index contributed by atoms with van der Waals surface area (Å²) in [5, 5.41) is 9.83. The molecule has 1 aromatic heterocycles. The fraction of sp³-hybridized carbons (Fsp3) is 0.200. The van der Waals surface area contributed by atoms with E-state index in [1.54, 1.807) is 12.3 Å². The lowest BCUT2D eigenvalue weighted by Gasteiger charge is -2.14. The molecule has 0 fully saturated rings. The summed E-state index contributed by atoms with van der Waals surface area (Å²) in [6.45, 7) is 4.31. The summed E-state index contributed by atoms with van der Waals surface area (Å²) in [6.07, 6.45) is 1.71. The molecule has 26 heavy (non-hydrogen) atoms. The van der Waals surface area contributed by atoms with Crippen LogP contribution in [0.4, 0.5) is 0 Å². The Morgan fingerprint density at radius 2 is 1.96 bits per heavy atom. The van der Waals surface area contributed by atoms with Gasteiger partial charge in [-0.05, 0) is 49.2 Å². The van der Waals surface area contributed by atoms with Crippen LogP contribution in [-0.2, 0) is 6.54 Å². The van der Waals surface area contributed by atoms with Crippen molar-refractivity contribution in [3.8, 4) is 17.0 Å². The lowest BCUT2D eigenvalue weighted by molar-refractivity contribution is 0.0945. The predicted molar refractivity (Wildman–Crippen MR) is 105 cm³/mol. The van der Waals surface area contributed by atoms with E-state index in [-0.39, 0.29) is 12.0 Å². The predicted octanol–water partition coefficient (Wildman–Crippen LogP) is 4.56. The van der Waals surface area contributed by atoms with Gasteiger partial charge in [0.05, 0.1) is 17.4 Å². The molecule has 134 valence electrons. The molecule has 0 saturated carbocycles. The van der Waals surface area contributed by atoms with Gasteiger partial charge in [0.2, 0.25) is 0 Å². The average molecular weight is 414 g/mol. The molecule has 3 aromatic rings. The molecule has 0 aliphatic heterocycles. The van der Waals surface area contributed by atoms with E-state index in [4.69, 9.17) is 4.74 Å². The van der Waals surface area contributed by atoms with Crippen LogP contribution in [0.5, 0.6) is 5.75 Å². The van der Waals surface area contributed by atoms with Crippen molar-refractivity contribution in [2.45, 2.75) is 26.5 Å². The van der Waals surface area contributed by atoms with Gasteiger partial charge in [0.15, 0.2) is 0 Å². The van der Waals surface area contributed by atoms with Crippen molar-refractivity contribution in [2.24, 2.45) is 0 Å². The van der Waals surface area contributed by atoms with Crippen molar-refractivity contribution < 1.29 is 9.53 Å². The maximum Gasteiger partial charge on any atom is 0.255 e. The number of aromatic amines is 1. The third kappa shape index (κ3) is 4.52. The van der Waals surface area contributed by atoms with E-state index in [1.807, 2.05) is 56.3 Å². The number of ether oxygens (including phenoxy) is 1. The van der Waals surface area contributed by atoms with Crippen LogP contribution < -0.4 is 10.1 Å². The lowest BCUT2D eigenvalue weighted by Crippen LogP contribution is -2.24. The summed E-state index contributed by atoms with van der Waals surface area (Å²) in [7, 11) is 0. The smallest absolute Gasteiger partial charge is 0.255 e. The van der Waals surface area contributed by atoms with E-state index in [0.29, 0.717) is 17.9 Å². The van der Waals surface area contributed by atoms with Crippen molar-refractivity contribution in [1.82, 2.24) is 15.5 Å². The Hall–Kier alpha value is -2.60. The van der Waals surface area contributed by atoms with Gasteiger partial charge in [0.25, 0.3) is 5.91 Å². The first-order chi connectivity index (χ1) is 12.5. The first-order valence-electron chi connectivity index (χ1n) is 8.36. The summed E-state index contributed by atoms with van der Waals surface area (Å²) in [5.41, 5.74) is 3.56. The molecule has 0 bridgehead atoms. The molecule has 0 atom stereocenters. The number of aromatic nitrogens is 2. The minimum absolute atomic E-state index is 0.00845. The number of carbonyl (C=O) groups is 1. The second kappa shape index (κ2) is 8.19. The van der Waals surface area contributed by atoms with Crippen molar-refractivity contribution in [2.75, 3.05) is 0 Å². The summed E-state index contributed by atoms with van der Waals surface area (Å²) >= 11 is 3.42. The van der Waals surface area contributed by atoms with E-state index < -0.39 is 0 Å². The normalized spacial score (nSPS) is 10.8. The van der Waals surface area contributed by atoms with Crippen LogP contribution in [-0.4, -0.2) is 22.2 Å². The Bertz CT molecular complexity index is 875. The SMILES string of the molecule is CC(C)Oc1cc(Br)ccc1C(=O)NCc1ccc(-c2ccn[nH]2)cc1. The van der Waals surface area contributed by atoms with Crippen LogP contribution in [0.3, 0.4) is 0 Å². The fourth-order valence-corrected chi connectivity index (χ4v) is 2.87. The highest BCUT2D eigenvalue weighted by Crippen LogP contribution is 2.25. The Morgan fingerprint density at radius 1 is 1.19 bits per heavy atom. The Kier molecular flexibility index (Phi) is 5.73. The van der Waals surface area contributed by atoms with Gasteiger partial charge in [-0.3, -0.25) is 9.89 Å². The van der Waals surface area contributed by atoms with Gasteiger partial charge in [-0.2, -0.15) is 5.10 Å². The molecule has 3 rings (SSSR count). The first-order valence-corrected chi connectivity index (χ1v) is 9.15. The summed E-state index contributed by atoms with van der Waals surface area (Å²) in [4.78, 5) is 12.6. The molecular formula is C20H20BrN3O2. The highest BCUT2D eigenvalue weighted by molar-refractivity contribution is 9.10. The number of H-pyrrole nitrogens is 1. The fourth-order valence-electron chi connectivity index (χ4n) is 2.53. The van der Waals surface area contributed by atoms with Gasteiger partial charge in [0, 0.05) is 17.2 Å². The molecule has 1 heterocycles. The highest BCUT2D eigenvalue weighted by Gasteiger charge is 2.14. The molecule has 5 nitrogen and oxygen atoms in total. The number of amides is 1. The number of nitrogens with one attached hydrogen (secondary N) is 2. The van der Waals surface area contributed by atoms with E-state index in [2.05, 4.69) is 31.4 Å². The zero-order valence-corrected chi connectivity index (χ0v) is 16.2. The minimum Gasteiger partial charge on any atom is -0.490 e. The maximum absolute atomic E-state index is 12.6. The van der Waals surface area contributed by atoms with Gasteiger partial charge in [-0.1, -0.05) is 40.2 Å². The Morgan fingerprint density at radius 3 is 2.62 bits per heavy atom. The molecular weight excluding hydrogens is 394 g/mol. The number of halogens is 1. The second-order valence-corrected chi connectivity index (χ2v) is 7.07. The number of carbonyl (C=O) groups excluding carboxylic acids is 1. The van der Waals surface area contributed by atoms with E-state index in [9.17, 15) is 4.79 Å². The average Bonchev–Trinajstić information content (AvgIpc) is 3.14. The number of hydrogen-bond donors (Lipinski definition) is 2. The third-order valence-electron chi connectivity index (χ3n) is 3.77. The van der Waals surface area contributed by atoms with Gasteiger partial charge in [0.1, 0.15) is 5.75 Å². The Balaban J connectivity index is 1.67. The van der Waals surface area contributed by atoms with Crippen LogP contribution in [0.2, 0.25) is 0 Å². The third-order valence-corrected chi connectivity index (χ3v) is 4.26. The van der Waals surface area contributed by atoms with Crippen LogP contribution in [0.25, 0.3) is 11.3 Å². The van der Waals surface area contributed by atoms with Crippen LogP contribution >= 0.6 is 15.9 Å². The molecule has 0 saturated heterocycles. The summed E-state index contributed by atoms with van der Waals surface area (Å²) < 4.78 is 6.63. The summed E-state index contributed by atoms with van der Waals surface area (Å²) in [6, 6.07) is 15.3. The van der Waals surface area contributed by atoms with Gasteiger partial charge in [-0.25, -0.2) is 0 Å². The monoisotopic (exact) mass is 413 g/mol. The highest BCUT2D eigenvalue weighted by atomic mass is 79.9. The number of rotatable bonds is 6. The molecule has 0 radical (unpaired) electrons. The number of benzene rings is 2. The van der Waals surface area contributed by atoms with E-state index >= 15 is 0 Å². The van der Waals surface area contributed by atoms with Crippen molar-refractivity contribution in [1.29, 1.82) is 0 Å². The van der Waals surface area contributed by atoms with E-state index in [1.165, 1.54) is 0 Å². The van der Waals surface area contributed by atoms with Crippen LogP contribution in [0.15, 0.2) is 59.2 Å². The zero-order valence-electron chi connectivity index (χ0n) is 14.6. The minimum atomic E-state index is -0.161. The van der Waals surface area contributed by atoms with Gasteiger partial charge in [-0.15, -0.1) is 0 Å². The quantitative estimate of drug-likeness (QED) is 0.622. The second-order valence-electron chi connectivity index (χ2n) is 6.16. The molecule has 0 spiro atoms. The van der Waals surface area contributed by atoms with Gasteiger partial charge < -0.3 is 10.1 Å². The molecule has 0 unspecified atom stereocenters. The Labute approximate surface area is 160 Å². The summed E-state index contributed by atoms with van der Waals surface area (Å²) in [5.74, 6) is 0.410. The van der Waals surface area contributed by atoms with Crippen molar-refractivity contribution >= 4 is 21.8 Å². The largest absolute Gasteiger partial charge is 0.490 e. The first kappa shape index (κ1) is 18.2. The lowest BCUT2D eigenvalue weighted by atomic mass is 10.1. The van der Waals surface area contributed by atoms with Gasteiger partial charge >= 0.3 is 0 Å². The zero-order chi connectivity index (χ0) is 18.5. The van der Waals surface area contributed by atoms with Crippen molar-refractivity contribution in [3.63, 3.8) is 0 Å². The van der Waals surface area contributed by atoms with Crippen LogP contribution in [0.1, 0.15) is 29.8 Å². The molecule has 0 aliphatic carbocycles. The van der Waals surface area contributed by atoms with Crippen LogP contribution in [0, 0.1) is 0 Å². The number of nitrogens with zero attached hydrogens (tertiary/aromatic N) is 1. The molecule has 6 heteroatoms. The molecule has 2 aromatic carbocycles. The topological polar surface area (TPSA) is 67.0 Å². The standard InChI is InChI=1S/C20H20BrN3O2/c1-13(2)26-19-11-16(21)7-8-17(19)20(25)22-12-14-3-5-15(6-4-14)18-9-10-23-24-18/h3-11,13H,12H2,1-2H3,(H,22,25)(H,23,24). The molecule has 1 amide bonds. The van der Waals surface area contributed by atoms with E-state index in [0.717, 1.165) is 21.3 Å². The molecule has 2 N–H and O–H groups in total. The molecule has 0 aliphatic rings. The number of hydrogen-bond acceptors (Lipinski definition) is 3. The van der Waals surface area contributed by atoms with Crippen molar-refractivity contribution in [3.05, 3.63) is 70.3 Å².